The average Bonchev–Trinajstić information content (AvgIpc) is 2.74. The van der Waals surface area contributed by atoms with Crippen LogP contribution in [0, 0.1) is 0 Å². The lowest BCUT2D eigenvalue weighted by molar-refractivity contribution is 0.0272. The SMILES string of the molecule is O=C1NC(=S)NC(=O)c2ccccc2OCCOCCOCCOc2ccccc21. The van der Waals surface area contributed by atoms with Crippen molar-refractivity contribution in [2.24, 2.45) is 0 Å². The molecule has 9 heteroatoms. The van der Waals surface area contributed by atoms with Gasteiger partial charge >= 0.3 is 0 Å². The van der Waals surface area contributed by atoms with E-state index in [0.29, 0.717) is 49.1 Å². The lowest BCUT2D eigenvalue weighted by Crippen LogP contribution is -2.42. The van der Waals surface area contributed by atoms with Crippen LogP contribution in [0.1, 0.15) is 20.7 Å². The van der Waals surface area contributed by atoms with Crippen molar-refractivity contribution in [2.75, 3.05) is 39.6 Å². The molecule has 1 heterocycles. The van der Waals surface area contributed by atoms with E-state index in [1.165, 1.54) is 0 Å². The third-order valence-corrected chi connectivity index (χ3v) is 4.26. The van der Waals surface area contributed by atoms with Gasteiger partial charge in [-0.1, -0.05) is 24.3 Å². The molecule has 0 aromatic heterocycles. The quantitative estimate of drug-likeness (QED) is 0.617. The van der Waals surface area contributed by atoms with Crippen molar-refractivity contribution in [3.05, 3.63) is 59.7 Å². The lowest BCUT2D eigenvalue weighted by atomic mass is 10.2. The summed E-state index contributed by atoms with van der Waals surface area (Å²) in [5.41, 5.74) is 0.582. The van der Waals surface area contributed by atoms with E-state index < -0.39 is 11.8 Å². The summed E-state index contributed by atoms with van der Waals surface area (Å²) in [6, 6.07) is 13.5. The molecule has 2 amide bonds. The number of hydrogen-bond acceptors (Lipinski definition) is 7. The highest BCUT2D eigenvalue weighted by atomic mass is 32.1. The number of ether oxygens (including phenoxy) is 4. The second-order valence-electron chi connectivity index (χ2n) is 6.15. The Morgan fingerprint density at radius 1 is 0.633 bits per heavy atom. The fraction of sp³-hybridized carbons (Fsp3) is 0.286. The number of carbonyl (C=O) groups excluding carboxylic acids is 2. The third-order valence-electron chi connectivity index (χ3n) is 4.06. The molecule has 2 N–H and O–H groups in total. The first kappa shape index (κ1) is 21.7. The van der Waals surface area contributed by atoms with Crippen LogP contribution >= 0.6 is 12.2 Å². The highest BCUT2D eigenvalue weighted by molar-refractivity contribution is 7.80. The maximum absolute atomic E-state index is 12.6. The highest BCUT2D eigenvalue weighted by Crippen LogP contribution is 2.19. The van der Waals surface area contributed by atoms with Gasteiger partial charge in [-0.05, 0) is 36.5 Å². The number of carbonyl (C=O) groups is 2. The molecule has 1 aliphatic rings. The van der Waals surface area contributed by atoms with Crippen LogP contribution in [0.5, 0.6) is 11.5 Å². The molecule has 1 aliphatic heterocycles. The molecule has 0 radical (unpaired) electrons. The van der Waals surface area contributed by atoms with E-state index >= 15 is 0 Å². The molecule has 2 aromatic rings. The zero-order valence-corrected chi connectivity index (χ0v) is 17.0. The molecule has 158 valence electrons. The summed E-state index contributed by atoms with van der Waals surface area (Å²) >= 11 is 5.13. The predicted molar refractivity (Wildman–Crippen MR) is 113 cm³/mol. The van der Waals surface area contributed by atoms with Crippen LogP contribution in [-0.2, 0) is 9.47 Å². The van der Waals surface area contributed by atoms with E-state index in [1.54, 1.807) is 48.5 Å². The Balaban J connectivity index is 1.76. The van der Waals surface area contributed by atoms with Crippen LogP contribution in [0.3, 0.4) is 0 Å². The molecule has 0 aliphatic carbocycles. The lowest BCUT2D eigenvalue weighted by Gasteiger charge is -2.13. The largest absolute Gasteiger partial charge is 0.490 e. The van der Waals surface area contributed by atoms with Crippen LogP contribution in [0.15, 0.2) is 48.5 Å². The number of rotatable bonds is 0. The van der Waals surface area contributed by atoms with Crippen molar-refractivity contribution >= 4 is 29.1 Å². The normalized spacial score (nSPS) is 16.9. The highest BCUT2D eigenvalue weighted by Gasteiger charge is 2.17. The summed E-state index contributed by atoms with van der Waals surface area (Å²) in [5, 5.41) is 4.87. The van der Waals surface area contributed by atoms with Gasteiger partial charge in [0.25, 0.3) is 11.8 Å². The van der Waals surface area contributed by atoms with Crippen molar-refractivity contribution in [1.29, 1.82) is 0 Å². The first-order valence-corrected chi connectivity index (χ1v) is 9.82. The fourth-order valence-corrected chi connectivity index (χ4v) is 2.86. The van der Waals surface area contributed by atoms with Gasteiger partial charge in [0.2, 0.25) is 0 Å². The monoisotopic (exact) mass is 430 g/mol. The molecule has 30 heavy (non-hydrogen) atoms. The van der Waals surface area contributed by atoms with Gasteiger partial charge in [0.05, 0.1) is 37.6 Å². The van der Waals surface area contributed by atoms with Crippen LogP contribution in [0.2, 0.25) is 0 Å². The van der Waals surface area contributed by atoms with E-state index in [4.69, 9.17) is 31.2 Å². The minimum absolute atomic E-state index is 0.126. The van der Waals surface area contributed by atoms with Gasteiger partial charge in [0.15, 0.2) is 5.11 Å². The van der Waals surface area contributed by atoms with Crippen LogP contribution in [-0.4, -0.2) is 56.6 Å². The molecular weight excluding hydrogens is 408 g/mol. The van der Waals surface area contributed by atoms with Crippen molar-refractivity contribution in [3.63, 3.8) is 0 Å². The van der Waals surface area contributed by atoms with Gasteiger partial charge in [-0.15, -0.1) is 0 Å². The summed E-state index contributed by atoms with van der Waals surface area (Å²) in [7, 11) is 0. The third kappa shape index (κ3) is 6.24. The van der Waals surface area contributed by atoms with Crippen LogP contribution in [0.25, 0.3) is 0 Å². The van der Waals surface area contributed by atoms with Gasteiger partial charge in [0.1, 0.15) is 24.7 Å². The summed E-state index contributed by atoms with van der Waals surface area (Å²) in [6.07, 6.45) is 0. The molecule has 0 spiro atoms. The van der Waals surface area contributed by atoms with Crippen molar-refractivity contribution in [2.45, 2.75) is 0 Å². The minimum Gasteiger partial charge on any atom is -0.490 e. The zero-order valence-electron chi connectivity index (χ0n) is 16.2. The van der Waals surface area contributed by atoms with Gasteiger partial charge in [-0.25, -0.2) is 0 Å². The molecule has 0 bridgehead atoms. The molecule has 0 fully saturated rings. The standard InChI is InChI=1S/C21H22N2O6S/c24-19-15-5-1-3-7-17(15)28-13-11-26-9-10-27-12-14-29-18-8-4-2-6-16(18)20(25)23-21(30)22-19/h1-8H,9-14H2,(H2,22,23,24,25,30). The molecule has 0 unspecified atom stereocenters. The van der Waals surface area contributed by atoms with Gasteiger partial charge in [-0.3, -0.25) is 20.2 Å². The van der Waals surface area contributed by atoms with E-state index in [1.807, 2.05) is 0 Å². The smallest absolute Gasteiger partial charge is 0.261 e. The molecule has 2 aromatic carbocycles. The molecule has 0 atom stereocenters. The molecular formula is C21H22N2O6S. The summed E-state index contributed by atoms with van der Waals surface area (Å²) in [4.78, 5) is 25.2. The topological polar surface area (TPSA) is 95.1 Å². The Morgan fingerprint density at radius 3 is 1.50 bits per heavy atom. The zero-order chi connectivity index (χ0) is 21.2. The average molecular weight is 430 g/mol. The second-order valence-corrected chi connectivity index (χ2v) is 6.56. The minimum atomic E-state index is -0.493. The number of hydrogen-bond donors (Lipinski definition) is 2. The number of benzene rings is 2. The Morgan fingerprint density at radius 2 is 1.03 bits per heavy atom. The first-order chi connectivity index (χ1) is 14.6. The van der Waals surface area contributed by atoms with E-state index in [-0.39, 0.29) is 18.3 Å². The van der Waals surface area contributed by atoms with Crippen molar-refractivity contribution in [1.82, 2.24) is 10.6 Å². The maximum Gasteiger partial charge on any atom is 0.261 e. The Labute approximate surface area is 179 Å². The summed E-state index contributed by atoms with van der Waals surface area (Å²) < 4.78 is 22.2. The van der Waals surface area contributed by atoms with Crippen LogP contribution < -0.4 is 20.1 Å². The fourth-order valence-electron chi connectivity index (χ4n) is 2.68. The Kier molecular flexibility index (Phi) is 8.13. The molecule has 8 nitrogen and oxygen atoms in total. The second kappa shape index (κ2) is 11.2. The molecule has 3 rings (SSSR count). The van der Waals surface area contributed by atoms with E-state index in [9.17, 15) is 9.59 Å². The Bertz CT molecular complexity index is 833. The van der Waals surface area contributed by atoms with Gasteiger partial charge in [-0.2, -0.15) is 0 Å². The van der Waals surface area contributed by atoms with Crippen molar-refractivity contribution in [3.8, 4) is 11.5 Å². The van der Waals surface area contributed by atoms with E-state index in [0.717, 1.165) is 0 Å². The van der Waals surface area contributed by atoms with Gasteiger partial charge < -0.3 is 18.9 Å². The van der Waals surface area contributed by atoms with Crippen molar-refractivity contribution < 1.29 is 28.5 Å². The van der Waals surface area contributed by atoms with Gasteiger partial charge in [0, 0.05) is 0 Å². The first-order valence-electron chi connectivity index (χ1n) is 9.41. The number of fused-ring (bicyclic) bond motifs is 2. The number of amides is 2. The predicted octanol–water partition coefficient (Wildman–Crippen LogP) is 1.94. The number of para-hydroxylation sites is 2. The molecule has 0 saturated carbocycles. The Hall–Kier alpha value is -3.01. The maximum atomic E-state index is 12.6. The summed E-state index contributed by atoms with van der Waals surface area (Å²) in [5.74, 6) is -0.207. The number of thiocarbonyl (C=S) groups is 1. The van der Waals surface area contributed by atoms with Crippen LogP contribution in [0.4, 0.5) is 0 Å². The molecule has 0 saturated heterocycles. The number of nitrogens with one attached hydrogen (secondary N) is 2. The summed E-state index contributed by atoms with van der Waals surface area (Å²) in [6.45, 7) is 2.03. The van der Waals surface area contributed by atoms with E-state index in [2.05, 4.69) is 10.6 Å².